The standard InChI is InChI=1S/C18H27N3O2/c1-13-2-5-15(6-3-13)20-8-10-21(11-9-20)18(23)14-4-7-17(22)16(19)12-14/h2-3,5-6,14,16-17,22H,4,7-12,19H2,1H3/t14-,16+,17+/m0/s1. The summed E-state index contributed by atoms with van der Waals surface area (Å²) >= 11 is 0. The van der Waals surface area contributed by atoms with Crippen molar-refractivity contribution in [3.05, 3.63) is 29.8 Å². The fraction of sp³-hybridized carbons (Fsp3) is 0.611. The molecule has 1 saturated heterocycles. The third kappa shape index (κ3) is 3.67. The largest absolute Gasteiger partial charge is 0.392 e. The summed E-state index contributed by atoms with van der Waals surface area (Å²) in [5.41, 5.74) is 8.41. The van der Waals surface area contributed by atoms with Gasteiger partial charge in [-0.3, -0.25) is 4.79 Å². The topological polar surface area (TPSA) is 69.8 Å². The van der Waals surface area contributed by atoms with E-state index in [-0.39, 0.29) is 17.9 Å². The highest BCUT2D eigenvalue weighted by Crippen LogP contribution is 2.26. The van der Waals surface area contributed by atoms with Crippen LogP contribution in [0.3, 0.4) is 0 Å². The number of benzene rings is 1. The summed E-state index contributed by atoms with van der Waals surface area (Å²) < 4.78 is 0. The molecule has 2 fully saturated rings. The number of carbonyl (C=O) groups excluding carboxylic acids is 1. The van der Waals surface area contributed by atoms with Crippen molar-refractivity contribution in [3.8, 4) is 0 Å². The van der Waals surface area contributed by atoms with Gasteiger partial charge in [-0.2, -0.15) is 0 Å². The average Bonchev–Trinajstić information content (AvgIpc) is 2.57. The van der Waals surface area contributed by atoms with Crippen LogP contribution in [0.2, 0.25) is 0 Å². The minimum Gasteiger partial charge on any atom is -0.392 e. The summed E-state index contributed by atoms with van der Waals surface area (Å²) in [4.78, 5) is 17.0. The zero-order valence-electron chi connectivity index (χ0n) is 13.8. The van der Waals surface area contributed by atoms with Gasteiger partial charge in [0.2, 0.25) is 5.91 Å². The van der Waals surface area contributed by atoms with Crippen molar-refractivity contribution in [2.75, 3.05) is 31.1 Å². The van der Waals surface area contributed by atoms with E-state index in [0.29, 0.717) is 12.8 Å². The zero-order valence-corrected chi connectivity index (χ0v) is 13.8. The molecule has 1 amide bonds. The van der Waals surface area contributed by atoms with Crippen LogP contribution in [0.1, 0.15) is 24.8 Å². The molecule has 1 aliphatic heterocycles. The highest BCUT2D eigenvalue weighted by Gasteiger charge is 2.34. The maximum absolute atomic E-state index is 12.7. The third-order valence-corrected chi connectivity index (χ3v) is 5.20. The lowest BCUT2D eigenvalue weighted by Gasteiger charge is -2.39. The van der Waals surface area contributed by atoms with E-state index in [1.807, 2.05) is 4.90 Å². The molecule has 3 rings (SSSR count). The molecule has 1 aliphatic carbocycles. The Bertz CT molecular complexity index is 538. The number of rotatable bonds is 2. The Hall–Kier alpha value is -1.59. The summed E-state index contributed by atoms with van der Waals surface area (Å²) in [6.45, 7) is 5.36. The molecule has 1 heterocycles. The Morgan fingerprint density at radius 1 is 1.13 bits per heavy atom. The van der Waals surface area contributed by atoms with Crippen molar-refractivity contribution in [3.63, 3.8) is 0 Å². The molecule has 0 aromatic heterocycles. The van der Waals surface area contributed by atoms with E-state index in [0.717, 1.165) is 32.6 Å². The summed E-state index contributed by atoms with van der Waals surface area (Å²) in [7, 11) is 0. The molecule has 0 spiro atoms. The first-order valence-corrected chi connectivity index (χ1v) is 8.58. The predicted octanol–water partition coefficient (Wildman–Crippen LogP) is 1.13. The van der Waals surface area contributed by atoms with E-state index >= 15 is 0 Å². The van der Waals surface area contributed by atoms with E-state index in [4.69, 9.17) is 5.73 Å². The maximum atomic E-state index is 12.7. The maximum Gasteiger partial charge on any atom is 0.225 e. The van der Waals surface area contributed by atoms with E-state index in [2.05, 4.69) is 36.1 Å². The highest BCUT2D eigenvalue weighted by molar-refractivity contribution is 5.79. The molecule has 126 valence electrons. The molecule has 1 aromatic rings. The Kier molecular flexibility index (Phi) is 4.87. The van der Waals surface area contributed by atoms with Crippen molar-refractivity contribution < 1.29 is 9.90 Å². The molecule has 0 radical (unpaired) electrons. The first-order valence-electron chi connectivity index (χ1n) is 8.58. The van der Waals surface area contributed by atoms with Crippen LogP contribution in [0.15, 0.2) is 24.3 Å². The molecular formula is C18H27N3O2. The number of amides is 1. The van der Waals surface area contributed by atoms with Gasteiger partial charge in [0.1, 0.15) is 0 Å². The number of piperazine rings is 1. The number of hydrogen-bond donors (Lipinski definition) is 2. The smallest absolute Gasteiger partial charge is 0.225 e. The summed E-state index contributed by atoms with van der Waals surface area (Å²) in [5, 5.41) is 9.71. The molecule has 5 nitrogen and oxygen atoms in total. The summed E-state index contributed by atoms with van der Waals surface area (Å²) in [6, 6.07) is 8.29. The average molecular weight is 317 g/mol. The van der Waals surface area contributed by atoms with Crippen molar-refractivity contribution in [1.82, 2.24) is 4.90 Å². The minimum atomic E-state index is -0.447. The lowest BCUT2D eigenvalue weighted by molar-refractivity contribution is -0.137. The first-order chi connectivity index (χ1) is 11.0. The SMILES string of the molecule is Cc1ccc(N2CCN(C(=O)[C@H]3CC[C@@H](O)[C@H](N)C3)CC2)cc1. The number of aryl methyl sites for hydroxylation is 1. The molecular weight excluding hydrogens is 290 g/mol. The van der Waals surface area contributed by atoms with Crippen LogP contribution in [-0.4, -0.2) is 54.2 Å². The van der Waals surface area contributed by atoms with E-state index in [9.17, 15) is 9.90 Å². The van der Waals surface area contributed by atoms with Gasteiger partial charge in [0.25, 0.3) is 0 Å². The van der Waals surface area contributed by atoms with Gasteiger partial charge < -0.3 is 20.6 Å². The van der Waals surface area contributed by atoms with Crippen molar-refractivity contribution in [2.24, 2.45) is 11.7 Å². The normalized spacial score (nSPS) is 28.7. The summed E-state index contributed by atoms with van der Waals surface area (Å²) in [5.74, 6) is 0.204. The number of nitrogens with zero attached hydrogens (tertiary/aromatic N) is 2. The third-order valence-electron chi connectivity index (χ3n) is 5.20. The molecule has 5 heteroatoms. The van der Waals surface area contributed by atoms with Gasteiger partial charge in [-0.15, -0.1) is 0 Å². The lowest BCUT2D eigenvalue weighted by atomic mass is 9.83. The van der Waals surface area contributed by atoms with E-state index in [1.54, 1.807) is 0 Å². The Morgan fingerprint density at radius 2 is 1.78 bits per heavy atom. The van der Waals surface area contributed by atoms with Gasteiger partial charge in [0, 0.05) is 43.8 Å². The Labute approximate surface area is 138 Å². The molecule has 3 atom stereocenters. The van der Waals surface area contributed by atoms with Gasteiger partial charge >= 0.3 is 0 Å². The molecule has 23 heavy (non-hydrogen) atoms. The molecule has 0 bridgehead atoms. The van der Waals surface area contributed by atoms with Gasteiger partial charge in [0.15, 0.2) is 0 Å². The number of aliphatic hydroxyl groups is 1. The second-order valence-electron chi connectivity index (χ2n) is 6.89. The lowest BCUT2D eigenvalue weighted by Crippen LogP contribution is -2.52. The van der Waals surface area contributed by atoms with Crippen LogP contribution < -0.4 is 10.6 Å². The molecule has 0 unspecified atom stereocenters. The Morgan fingerprint density at radius 3 is 2.39 bits per heavy atom. The van der Waals surface area contributed by atoms with Crippen molar-refractivity contribution in [2.45, 2.75) is 38.3 Å². The monoisotopic (exact) mass is 317 g/mol. The predicted molar refractivity (Wildman–Crippen MR) is 91.3 cm³/mol. The van der Waals surface area contributed by atoms with Gasteiger partial charge in [-0.25, -0.2) is 0 Å². The molecule has 3 N–H and O–H groups in total. The quantitative estimate of drug-likeness (QED) is 0.858. The van der Waals surface area contributed by atoms with Gasteiger partial charge in [-0.05, 0) is 38.3 Å². The van der Waals surface area contributed by atoms with Crippen LogP contribution >= 0.6 is 0 Å². The molecule has 1 saturated carbocycles. The second-order valence-corrected chi connectivity index (χ2v) is 6.89. The number of nitrogens with two attached hydrogens (primary N) is 1. The zero-order chi connectivity index (χ0) is 16.4. The number of hydrogen-bond acceptors (Lipinski definition) is 4. The highest BCUT2D eigenvalue weighted by atomic mass is 16.3. The molecule has 1 aromatic carbocycles. The van der Waals surface area contributed by atoms with Gasteiger partial charge in [-0.1, -0.05) is 17.7 Å². The molecule has 2 aliphatic rings. The van der Waals surface area contributed by atoms with Gasteiger partial charge in [0.05, 0.1) is 6.10 Å². The fourth-order valence-electron chi connectivity index (χ4n) is 3.61. The number of aliphatic hydroxyl groups excluding tert-OH is 1. The van der Waals surface area contributed by atoms with E-state index in [1.165, 1.54) is 11.3 Å². The summed E-state index contributed by atoms with van der Waals surface area (Å²) in [6.07, 6.45) is 1.56. The van der Waals surface area contributed by atoms with E-state index < -0.39 is 6.10 Å². The van der Waals surface area contributed by atoms with Crippen LogP contribution in [0.5, 0.6) is 0 Å². The first kappa shape index (κ1) is 16.3. The minimum absolute atomic E-state index is 0.0145. The fourth-order valence-corrected chi connectivity index (χ4v) is 3.61. The van der Waals surface area contributed by atoms with Crippen molar-refractivity contribution >= 4 is 11.6 Å². The second kappa shape index (κ2) is 6.89. The number of anilines is 1. The van der Waals surface area contributed by atoms with Crippen LogP contribution in [0.25, 0.3) is 0 Å². The van der Waals surface area contributed by atoms with Crippen molar-refractivity contribution in [1.29, 1.82) is 0 Å². The number of carbonyl (C=O) groups is 1. The van der Waals surface area contributed by atoms with Crippen LogP contribution in [-0.2, 0) is 4.79 Å². The van der Waals surface area contributed by atoms with Crippen LogP contribution in [0, 0.1) is 12.8 Å². The van der Waals surface area contributed by atoms with Crippen LogP contribution in [0.4, 0.5) is 5.69 Å². The Balaban J connectivity index is 1.54.